The molecule has 0 aliphatic heterocycles. The molecule has 174 valence electrons. The summed E-state index contributed by atoms with van der Waals surface area (Å²) in [7, 11) is 0. The highest BCUT2D eigenvalue weighted by molar-refractivity contribution is 7.99. The van der Waals surface area contributed by atoms with Crippen molar-refractivity contribution in [2.75, 3.05) is 18.1 Å². The highest BCUT2D eigenvalue weighted by atomic mass is 32.2. The van der Waals surface area contributed by atoms with Crippen molar-refractivity contribution in [2.24, 2.45) is 0 Å². The molecule has 33 heavy (non-hydrogen) atoms. The number of unbranched alkanes of at least 4 members (excludes halogenated alkanes) is 1. The van der Waals surface area contributed by atoms with Gasteiger partial charge in [0.2, 0.25) is 0 Å². The Morgan fingerprint density at radius 2 is 1.70 bits per heavy atom. The number of hydrogen-bond donors (Lipinski definition) is 2. The van der Waals surface area contributed by atoms with Crippen LogP contribution in [0.1, 0.15) is 54.6 Å². The maximum Gasteiger partial charge on any atom is 0.327 e. The maximum absolute atomic E-state index is 13.1. The number of aliphatic carboxylic acids is 1. The molecule has 1 atom stereocenters. The minimum Gasteiger partial charge on any atom is -0.480 e. The minimum absolute atomic E-state index is 0.180. The van der Waals surface area contributed by atoms with Crippen LogP contribution >= 0.6 is 11.8 Å². The lowest BCUT2D eigenvalue weighted by atomic mass is 10.1. The number of nitrogens with zero attached hydrogens (tertiary/aromatic N) is 1. The zero-order valence-electron chi connectivity index (χ0n) is 19.0. The molecule has 0 heterocycles. The molecule has 3 amide bonds. The number of urea groups is 1. The summed E-state index contributed by atoms with van der Waals surface area (Å²) in [6, 6.07) is 14.5. The summed E-state index contributed by atoms with van der Waals surface area (Å²) in [4.78, 5) is 38.6. The van der Waals surface area contributed by atoms with E-state index < -0.39 is 23.9 Å². The van der Waals surface area contributed by atoms with Gasteiger partial charge in [0.25, 0.3) is 5.91 Å². The lowest BCUT2D eigenvalue weighted by molar-refractivity contribution is -0.138. The van der Waals surface area contributed by atoms with Gasteiger partial charge in [-0.15, -0.1) is 0 Å². The molecule has 0 spiro atoms. The van der Waals surface area contributed by atoms with Gasteiger partial charge in [-0.3, -0.25) is 9.69 Å². The molecule has 0 aliphatic carbocycles. The van der Waals surface area contributed by atoms with Crippen molar-refractivity contribution in [1.82, 2.24) is 10.2 Å². The number of amides is 3. The third-order valence-corrected chi connectivity index (χ3v) is 5.84. The third kappa shape index (κ3) is 8.66. The van der Waals surface area contributed by atoms with Gasteiger partial charge < -0.3 is 10.4 Å². The Kier molecular flexibility index (Phi) is 11.1. The largest absolute Gasteiger partial charge is 0.480 e. The van der Waals surface area contributed by atoms with Crippen molar-refractivity contribution in [3.05, 3.63) is 71.3 Å². The Hall–Kier alpha value is -3.24. The summed E-state index contributed by atoms with van der Waals surface area (Å²) in [6.45, 7) is 4.10. The minimum atomic E-state index is -1.12. The van der Waals surface area contributed by atoms with Gasteiger partial charge in [-0.2, -0.15) is 11.8 Å². The van der Waals surface area contributed by atoms with Gasteiger partial charge in [-0.1, -0.05) is 56.4 Å². The second-order valence-corrected chi connectivity index (χ2v) is 8.57. The molecule has 2 N–H and O–H groups in total. The Bertz CT molecular complexity index is 998. The molecule has 0 fully saturated rings. The van der Waals surface area contributed by atoms with Crippen molar-refractivity contribution in [2.45, 2.75) is 39.2 Å². The molecule has 6 nitrogen and oxygen atoms in total. The molecule has 0 saturated heterocycles. The quantitative estimate of drug-likeness (QED) is 0.394. The molecule has 7 heteroatoms. The summed E-state index contributed by atoms with van der Waals surface area (Å²) >= 11 is 1.48. The predicted octanol–water partition coefficient (Wildman–Crippen LogP) is 4.63. The van der Waals surface area contributed by atoms with Gasteiger partial charge in [-0.25, -0.2) is 9.59 Å². The van der Waals surface area contributed by atoms with E-state index in [-0.39, 0.29) is 12.3 Å². The monoisotopic (exact) mass is 466 g/mol. The summed E-state index contributed by atoms with van der Waals surface area (Å²) in [5, 5.41) is 12.0. The first-order valence-corrected chi connectivity index (χ1v) is 12.2. The Labute approximate surface area is 199 Å². The number of nitrogens with one attached hydrogen (secondary N) is 1. The molecule has 0 unspecified atom stereocenters. The van der Waals surface area contributed by atoms with E-state index in [1.165, 1.54) is 11.8 Å². The molecule has 2 aromatic carbocycles. The normalized spacial score (nSPS) is 11.1. The fourth-order valence-electron chi connectivity index (χ4n) is 2.92. The zero-order valence-corrected chi connectivity index (χ0v) is 19.9. The molecule has 2 aromatic rings. The number of benzene rings is 2. The first-order valence-electron chi connectivity index (χ1n) is 11.1. The second-order valence-electron chi connectivity index (χ2n) is 7.42. The Morgan fingerprint density at radius 3 is 2.36 bits per heavy atom. The summed E-state index contributed by atoms with van der Waals surface area (Å²) in [6.07, 6.45) is 2.55. The van der Waals surface area contributed by atoms with Crippen LogP contribution in [-0.2, 0) is 4.79 Å². The van der Waals surface area contributed by atoms with Crippen LogP contribution < -0.4 is 5.32 Å². The van der Waals surface area contributed by atoms with Crippen LogP contribution in [0.4, 0.5) is 4.79 Å². The van der Waals surface area contributed by atoms with E-state index in [4.69, 9.17) is 0 Å². The molecule has 2 rings (SSSR count). The van der Waals surface area contributed by atoms with Crippen molar-refractivity contribution < 1.29 is 19.5 Å². The first kappa shape index (κ1) is 26.0. The van der Waals surface area contributed by atoms with Crippen LogP contribution in [-0.4, -0.2) is 52.0 Å². The van der Waals surface area contributed by atoms with Crippen LogP contribution in [0.2, 0.25) is 0 Å². The van der Waals surface area contributed by atoms with E-state index in [0.717, 1.165) is 29.1 Å². The Balaban J connectivity index is 2.14. The number of imide groups is 1. The number of carbonyl (C=O) groups is 3. The van der Waals surface area contributed by atoms with E-state index in [0.29, 0.717) is 17.5 Å². The summed E-state index contributed by atoms with van der Waals surface area (Å²) < 4.78 is 0. The maximum atomic E-state index is 13.1. The van der Waals surface area contributed by atoms with Crippen LogP contribution in [0.5, 0.6) is 0 Å². The lowest BCUT2D eigenvalue weighted by Crippen LogP contribution is -2.51. The van der Waals surface area contributed by atoms with Gasteiger partial charge >= 0.3 is 12.0 Å². The Morgan fingerprint density at radius 1 is 1.00 bits per heavy atom. The number of hydrogen-bond acceptors (Lipinski definition) is 4. The number of thioether (sulfide) groups is 1. The van der Waals surface area contributed by atoms with E-state index in [9.17, 15) is 19.5 Å². The fourth-order valence-corrected chi connectivity index (χ4v) is 4.04. The van der Waals surface area contributed by atoms with E-state index >= 15 is 0 Å². The lowest BCUT2D eigenvalue weighted by Gasteiger charge is -2.23. The predicted molar refractivity (Wildman–Crippen MR) is 132 cm³/mol. The number of rotatable bonds is 10. The van der Waals surface area contributed by atoms with Crippen LogP contribution in [0.25, 0.3) is 0 Å². The van der Waals surface area contributed by atoms with Crippen molar-refractivity contribution in [3.63, 3.8) is 0 Å². The average Bonchev–Trinajstić information content (AvgIpc) is 2.83. The number of carboxylic acid groups (broad SMARTS) is 1. The van der Waals surface area contributed by atoms with Crippen LogP contribution in [0.15, 0.2) is 54.6 Å². The summed E-state index contributed by atoms with van der Waals surface area (Å²) in [5.41, 5.74) is 1.83. The molecule has 0 radical (unpaired) electrons. The van der Waals surface area contributed by atoms with Gasteiger partial charge in [-0.05, 0) is 48.9 Å². The smallest absolute Gasteiger partial charge is 0.327 e. The summed E-state index contributed by atoms with van der Waals surface area (Å²) in [5.74, 6) is 5.56. The van der Waals surface area contributed by atoms with Gasteiger partial charge in [0, 0.05) is 29.0 Å². The topological polar surface area (TPSA) is 86.7 Å². The van der Waals surface area contributed by atoms with Crippen LogP contribution in [0, 0.1) is 11.8 Å². The van der Waals surface area contributed by atoms with Gasteiger partial charge in [0.15, 0.2) is 0 Å². The van der Waals surface area contributed by atoms with Crippen molar-refractivity contribution in [3.8, 4) is 11.8 Å². The average molecular weight is 467 g/mol. The third-order valence-electron chi connectivity index (χ3n) is 4.69. The van der Waals surface area contributed by atoms with Crippen molar-refractivity contribution in [1.29, 1.82) is 0 Å². The zero-order chi connectivity index (χ0) is 24.1. The van der Waals surface area contributed by atoms with E-state index in [1.54, 1.807) is 24.3 Å². The van der Waals surface area contributed by atoms with E-state index in [1.807, 2.05) is 37.3 Å². The highest BCUT2D eigenvalue weighted by Crippen LogP contribution is 2.11. The van der Waals surface area contributed by atoms with Gasteiger partial charge in [0.1, 0.15) is 6.04 Å². The second kappa shape index (κ2) is 14.0. The molecule has 0 aromatic heterocycles. The SMILES string of the molecule is CCCCSC[C@H](NC(=O)N(CCC)C(=O)c1cccc(C#Cc2ccccc2)c1)C(=O)O. The molecular formula is C26H30N2O4S. The standard InChI is InChI=1S/C26H30N2O4S/c1-3-5-17-33-19-23(25(30)31)27-26(32)28(16-4-2)24(29)22-13-9-12-21(18-22)15-14-20-10-7-6-8-11-20/h6-13,18,23H,3-5,16-17,19H2,1-2H3,(H,27,32)(H,30,31)/t23-/m0/s1. The number of carbonyl (C=O) groups excluding carboxylic acids is 2. The molecular weight excluding hydrogens is 436 g/mol. The fraction of sp³-hybridized carbons (Fsp3) is 0.346. The highest BCUT2D eigenvalue weighted by Gasteiger charge is 2.27. The van der Waals surface area contributed by atoms with Gasteiger partial charge in [0.05, 0.1) is 0 Å². The first-order chi connectivity index (χ1) is 16.0. The number of carboxylic acids is 1. The van der Waals surface area contributed by atoms with Crippen molar-refractivity contribution >= 4 is 29.7 Å². The molecule has 0 aliphatic rings. The molecule has 0 bridgehead atoms. The van der Waals surface area contributed by atoms with E-state index in [2.05, 4.69) is 24.1 Å². The molecule has 0 saturated carbocycles. The van der Waals surface area contributed by atoms with Crippen LogP contribution in [0.3, 0.4) is 0 Å².